The second-order valence-corrected chi connectivity index (χ2v) is 4.84. The summed E-state index contributed by atoms with van der Waals surface area (Å²) in [6.07, 6.45) is 7.05. The van der Waals surface area contributed by atoms with Gasteiger partial charge in [0.1, 0.15) is 0 Å². The Morgan fingerprint density at radius 3 is 1.05 bits per heavy atom. The van der Waals surface area contributed by atoms with Crippen molar-refractivity contribution in [2.45, 2.75) is 31.8 Å². The zero-order valence-corrected chi connectivity index (χ0v) is 13.3. The fourth-order valence-corrected chi connectivity index (χ4v) is 1.81. The van der Waals surface area contributed by atoms with E-state index in [1.54, 1.807) is 24.3 Å². The Morgan fingerprint density at radius 1 is 0.619 bits per heavy atom. The lowest BCUT2D eigenvalue weighted by atomic mass is 10.1. The van der Waals surface area contributed by atoms with Gasteiger partial charge in [-0.15, -0.1) is 26.3 Å². The van der Waals surface area contributed by atoms with Gasteiger partial charge in [-0.3, -0.25) is 0 Å². The Bertz CT molecular complexity index is 280. The molecule has 0 atom stereocenters. The molecule has 0 radical (unpaired) electrons. The molecule has 0 fully saturated rings. The standard InChI is InChI=1S/C17H28O4/c1-7-11-18-16(5,19-12-8-2)15-17(6,20-13-9-3)21-14-10-4/h7-10H,1-4,11-15H2,5-6H3. The maximum atomic E-state index is 5.74. The largest absolute Gasteiger partial charge is 0.346 e. The lowest BCUT2D eigenvalue weighted by Crippen LogP contribution is -2.45. The van der Waals surface area contributed by atoms with Crippen LogP contribution >= 0.6 is 0 Å². The van der Waals surface area contributed by atoms with Gasteiger partial charge in [0.15, 0.2) is 11.6 Å². The van der Waals surface area contributed by atoms with Crippen molar-refractivity contribution in [2.75, 3.05) is 26.4 Å². The molecule has 4 heteroatoms. The molecule has 0 saturated heterocycles. The molecule has 0 heterocycles. The Morgan fingerprint density at radius 2 is 0.857 bits per heavy atom. The minimum atomic E-state index is -0.876. The molecule has 0 aromatic heterocycles. The van der Waals surface area contributed by atoms with Crippen LogP contribution in [0.2, 0.25) is 0 Å². The summed E-state index contributed by atoms with van der Waals surface area (Å²) in [5.74, 6) is -1.75. The fraction of sp³-hybridized carbons (Fsp3) is 0.529. The first kappa shape index (κ1) is 19.8. The summed E-state index contributed by atoms with van der Waals surface area (Å²) in [7, 11) is 0. The van der Waals surface area contributed by atoms with Crippen LogP contribution < -0.4 is 0 Å². The molecule has 0 aromatic rings. The van der Waals surface area contributed by atoms with Gasteiger partial charge < -0.3 is 18.9 Å². The zero-order chi connectivity index (χ0) is 16.2. The maximum absolute atomic E-state index is 5.74. The van der Waals surface area contributed by atoms with Gasteiger partial charge in [-0.1, -0.05) is 24.3 Å². The van der Waals surface area contributed by atoms with Crippen molar-refractivity contribution in [1.29, 1.82) is 0 Å². The highest BCUT2D eigenvalue weighted by molar-refractivity contribution is 4.81. The van der Waals surface area contributed by atoms with E-state index < -0.39 is 11.6 Å². The molecule has 0 saturated carbocycles. The van der Waals surface area contributed by atoms with Crippen molar-refractivity contribution in [3.05, 3.63) is 50.6 Å². The quantitative estimate of drug-likeness (QED) is 0.362. The molecular weight excluding hydrogens is 268 g/mol. The molecule has 4 nitrogen and oxygen atoms in total. The first-order chi connectivity index (χ1) is 9.95. The minimum Gasteiger partial charge on any atom is -0.346 e. The summed E-state index contributed by atoms with van der Waals surface area (Å²) < 4.78 is 22.9. The van der Waals surface area contributed by atoms with E-state index in [-0.39, 0.29) is 0 Å². The molecule has 0 spiro atoms. The molecule has 0 unspecified atom stereocenters. The molecule has 0 rings (SSSR count). The lowest BCUT2D eigenvalue weighted by Gasteiger charge is -2.38. The van der Waals surface area contributed by atoms with Crippen molar-refractivity contribution < 1.29 is 18.9 Å². The number of ether oxygens (including phenoxy) is 4. The van der Waals surface area contributed by atoms with E-state index in [1.165, 1.54) is 0 Å². The predicted octanol–water partition coefficient (Wildman–Crippen LogP) is 3.62. The molecule has 0 amide bonds. The lowest BCUT2D eigenvalue weighted by molar-refractivity contribution is -0.295. The Balaban J connectivity index is 4.96. The highest BCUT2D eigenvalue weighted by atomic mass is 16.7. The number of hydrogen-bond donors (Lipinski definition) is 0. The molecule has 0 aliphatic rings. The van der Waals surface area contributed by atoms with Gasteiger partial charge in [0.2, 0.25) is 0 Å². The summed E-state index contributed by atoms with van der Waals surface area (Å²) in [6, 6.07) is 0. The topological polar surface area (TPSA) is 36.9 Å². The minimum absolute atomic E-state index is 0.368. The summed E-state index contributed by atoms with van der Waals surface area (Å²) in [5.41, 5.74) is 0. The van der Waals surface area contributed by atoms with Crippen LogP contribution in [0.15, 0.2) is 50.6 Å². The van der Waals surface area contributed by atoms with E-state index >= 15 is 0 Å². The van der Waals surface area contributed by atoms with Gasteiger partial charge in [-0.2, -0.15) is 0 Å². The van der Waals surface area contributed by atoms with Crippen molar-refractivity contribution in [1.82, 2.24) is 0 Å². The molecule has 0 aromatic carbocycles. The third kappa shape index (κ3) is 8.63. The second-order valence-electron chi connectivity index (χ2n) is 4.84. The Labute approximate surface area is 128 Å². The number of rotatable bonds is 14. The van der Waals surface area contributed by atoms with Crippen LogP contribution in [-0.4, -0.2) is 38.0 Å². The van der Waals surface area contributed by atoms with Crippen LogP contribution in [0.3, 0.4) is 0 Å². The van der Waals surface area contributed by atoms with Crippen LogP contribution in [0.4, 0.5) is 0 Å². The summed E-state index contributed by atoms with van der Waals surface area (Å²) >= 11 is 0. The molecule has 0 bridgehead atoms. The third-order valence-corrected chi connectivity index (χ3v) is 2.67. The van der Waals surface area contributed by atoms with E-state index in [9.17, 15) is 0 Å². The maximum Gasteiger partial charge on any atom is 0.171 e. The second kappa shape index (κ2) is 10.5. The van der Waals surface area contributed by atoms with E-state index in [4.69, 9.17) is 18.9 Å². The first-order valence-corrected chi connectivity index (χ1v) is 6.94. The van der Waals surface area contributed by atoms with E-state index in [1.807, 2.05) is 13.8 Å². The van der Waals surface area contributed by atoms with Gasteiger partial charge in [0, 0.05) is 0 Å². The van der Waals surface area contributed by atoms with Gasteiger partial charge in [-0.25, -0.2) is 0 Å². The van der Waals surface area contributed by atoms with Crippen LogP contribution in [0, 0.1) is 0 Å². The van der Waals surface area contributed by atoms with Crippen molar-refractivity contribution in [2.24, 2.45) is 0 Å². The highest BCUT2D eigenvalue weighted by Gasteiger charge is 2.38. The molecular formula is C17H28O4. The Kier molecular flexibility index (Phi) is 9.91. The molecule has 21 heavy (non-hydrogen) atoms. The van der Waals surface area contributed by atoms with Gasteiger partial charge in [0.05, 0.1) is 32.8 Å². The van der Waals surface area contributed by atoms with Crippen molar-refractivity contribution in [3.63, 3.8) is 0 Å². The molecule has 0 aliphatic heterocycles. The zero-order valence-electron chi connectivity index (χ0n) is 13.3. The van der Waals surface area contributed by atoms with E-state index in [0.717, 1.165) is 0 Å². The monoisotopic (exact) mass is 296 g/mol. The molecule has 0 N–H and O–H groups in total. The SMILES string of the molecule is C=CCOC(C)(CC(C)(OCC=C)OCC=C)OCC=C. The first-order valence-electron chi connectivity index (χ1n) is 6.94. The average molecular weight is 296 g/mol. The van der Waals surface area contributed by atoms with Crippen LogP contribution in [-0.2, 0) is 18.9 Å². The predicted molar refractivity (Wildman–Crippen MR) is 86.0 cm³/mol. The number of hydrogen-bond acceptors (Lipinski definition) is 4. The third-order valence-electron chi connectivity index (χ3n) is 2.67. The smallest absolute Gasteiger partial charge is 0.171 e. The average Bonchev–Trinajstić information content (AvgIpc) is 2.47. The van der Waals surface area contributed by atoms with Crippen LogP contribution in [0.5, 0.6) is 0 Å². The van der Waals surface area contributed by atoms with Gasteiger partial charge in [-0.05, 0) is 13.8 Å². The molecule has 0 aliphatic carbocycles. The molecule has 120 valence electrons. The Hall–Kier alpha value is -1.20. The van der Waals surface area contributed by atoms with Crippen LogP contribution in [0.1, 0.15) is 20.3 Å². The summed E-state index contributed by atoms with van der Waals surface area (Å²) in [5, 5.41) is 0. The normalized spacial score (nSPS) is 11.9. The van der Waals surface area contributed by atoms with Gasteiger partial charge >= 0.3 is 0 Å². The van der Waals surface area contributed by atoms with Crippen molar-refractivity contribution >= 4 is 0 Å². The van der Waals surface area contributed by atoms with E-state index in [2.05, 4.69) is 26.3 Å². The fourth-order valence-electron chi connectivity index (χ4n) is 1.81. The summed E-state index contributed by atoms with van der Waals surface area (Å²) in [6.45, 7) is 19.8. The van der Waals surface area contributed by atoms with E-state index in [0.29, 0.717) is 32.8 Å². The van der Waals surface area contributed by atoms with Crippen LogP contribution in [0.25, 0.3) is 0 Å². The van der Waals surface area contributed by atoms with Crippen molar-refractivity contribution in [3.8, 4) is 0 Å². The van der Waals surface area contributed by atoms with Gasteiger partial charge in [0.25, 0.3) is 0 Å². The highest BCUT2D eigenvalue weighted by Crippen LogP contribution is 2.29. The summed E-state index contributed by atoms with van der Waals surface area (Å²) in [4.78, 5) is 0.